The van der Waals surface area contributed by atoms with Crippen molar-refractivity contribution in [3.63, 3.8) is 0 Å². The van der Waals surface area contributed by atoms with E-state index in [1.54, 1.807) is 23.7 Å². The van der Waals surface area contributed by atoms with E-state index in [2.05, 4.69) is 10.4 Å². The Bertz CT molecular complexity index is 1110. The molecule has 0 saturated carbocycles. The van der Waals surface area contributed by atoms with E-state index < -0.39 is 0 Å². The van der Waals surface area contributed by atoms with E-state index in [1.807, 2.05) is 18.2 Å². The number of anilines is 1. The Balaban J connectivity index is 1.32. The summed E-state index contributed by atoms with van der Waals surface area (Å²) in [6, 6.07) is 11.9. The van der Waals surface area contributed by atoms with Gasteiger partial charge in [-0.25, -0.2) is 4.39 Å². The zero-order valence-corrected chi connectivity index (χ0v) is 15.6. The third-order valence-electron chi connectivity index (χ3n) is 5.05. The lowest BCUT2D eigenvalue weighted by atomic mass is 10.1. The minimum Gasteiger partial charge on any atom is -0.454 e. The van der Waals surface area contributed by atoms with Crippen molar-refractivity contribution >= 4 is 11.6 Å². The molecule has 0 saturated heterocycles. The second-order valence-corrected chi connectivity index (χ2v) is 7.03. The van der Waals surface area contributed by atoms with Crippen LogP contribution in [0.5, 0.6) is 11.5 Å². The first-order valence-electron chi connectivity index (χ1n) is 9.22. The second-order valence-electron chi connectivity index (χ2n) is 7.03. The number of aromatic nitrogens is 2. The first kappa shape index (κ1) is 17.7. The summed E-state index contributed by atoms with van der Waals surface area (Å²) < 4.78 is 31.9. The van der Waals surface area contributed by atoms with Crippen LogP contribution in [0, 0.1) is 12.7 Å². The number of hydrogen-bond donors (Lipinski definition) is 1. The molecule has 2 aliphatic rings. The van der Waals surface area contributed by atoms with Gasteiger partial charge in [0, 0.05) is 5.69 Å². The maximum Gasteiger partial charge on any atom is 0.276 e. The molecule has 5 rings (SSSR count). The molecule has 0 radical (unpaired) electrons. The van der Waals surface area contributed by atoms with Crippen molar-refractivity contribution in [1.29, 1.82) is 0 Å². The molecule has 2 aromatic carbocycles. The highest BCUT2D eigenvalue weighted by molar-refractivity contribution is 6.02. The van der Waals surface area contributed by atoms with Gasteiger partial charge in [-0.2, -0.15) is 5.10 Å². The van der Waals surface area contributed by atoms with Gasteiger partial charge in [0.15, 0.2) is 17.2 Å². The summed E-state index contributed by atoms with van der Waals surface area (Å²) in [5.74, 6) is 0.760. The number of hydrogen-bond acceptors (Lipinski definition) is 5. The largest absolute Gasteiger partial charge is 0.454 e. The van der Waals surface area contributed by atoms with Gasteiger partial charge in [0.1, 0.15) is 11.9 Å². The number of amides is 1. The maximum atomic E-state index is 13.4. The Morgan fingerprint density at radius 1 is 1.17 bits per heavy atom. The molecule has 2 aliphatic heterocycles. The lowest BCUT2D eigenvalue weighted by Gasteiger charge is -2.24. The number of benzene rings is 2. The molecule has 0 aliphatic carbocycles. The summed E-state index contributed by atoms with van der Waals surface area (Å²) >= 11 is 0. The SMILES string of the molecule is Cc1cc(NC(=O)c2cc3n(n2)C[C@H](c2ccc4c(c2)OCO4)OC3)ccc1F. The van der Waals surface area contributed by atoms with Crippen LogP contribution in [-0.2, 0) is 17.9 Å². The Morgan fingerprint density at radius 3 is 2.90 bits per heavy atom. The number of ether oxygens (including phenoxy) is 3. The Hall–Kier alpha value is -3.39. The van der Waals surface area contributed by atoms with Crippen LogP contribution in [0.2, 0.25) is 0 Å². The fraction of sp³-hybridized carbons (Fsp3) is 0.238. The van der Waals surface area contributed by atoms with Crippen molar-refractivity contribution in [2.45, 2.75) is 26.2 Å². The lowest BCUT2D eigenvalue weighted by molar-refractivity contribution is -0.00127. The van der Waals surface area contributed by atoms with Gasteiger partial charge in [-0.3, -0.25) is 9.48 Å². The van der Waals surface area contributed by atoms with Crippen molar-refractivity contribution < 1.29 is 23.4 Å². The number of rotatable bonds is 3. The molecule has 29 heavy (non-hydrogen) atoms. The topological polar surface area (TPSA) is 74.6 Å². The highest BCUT2D eigenvalue weighted by Gasteiger charge is 2.26. The van der Waals surface area contributed by atoms with E-state index in [1.165, 1.54) is 12.1 Å². The monoisotopic (exact) mass is 395 g/mol. The van der Waals surface area contributed by atoms with E-state index in [0.717, 1.165) is 17.0 Å². The molecule has 0 fully saturated rings. The number of nitrogens with one attached hydrogen (secondary N) is 1. The van der Waals surface area contributed by atoms with Crippen LogP contribution in [-0.4, -0.2) is 22.5 Å². The molecule has 0 bridgehead atoms. The Labute approximate surface area is 166 Å². The van der Waals surface area contributed by atoms with Crippen LogP contribution in [0.1, 0.15) is 33.4 Å². The van der Waals surface area contributed by atoms with E-state index >= 15 is 0 Å². The molecule has 3 heterocycles. The number of carbonyl (C=O) groups excluding carboxylic acids is 1. The summed E-state index contributed by atoms with van der Waals surface area (Å²) in [6.07, 6.45) is -0.201. The summed E-state index contributed by atoms with van der Waals surface area (Å²) in [7, 11) is 0. The van der Waals surface area contributed by atoms with Gasteiger partial charge in [-0.15, -0.1) is 0 Å². The molecule has 1 aromatic heterocycles. The molecule has 8 heteroatoms. The van der Waals surface area contributed by atoms with Crippen molar-refractivity contribution in [3.05, 3.63) is 70.8 Å². The fourth-order valence-corrected chi connectivity index (χ4v) is 3.47. The van der Waals surface area contributed by atoms with Crippen LogP contribution in [0.15, 0.2) is 42.5 Å². The van der Waals surface area contributed by atoms with Crippen molar-refractivity contribution in [1.82, 2.24) is 9.78 Å². The second kappa shape index (κ2) is 6.89. The fourth-order valence-electron chi connectivity index (χ4n) is 3.47. The normalized spacial score (nSPS) is 17.1. The van der Waals surface area contributed by atoms with Crippen molar-refractivity contribution in [2.75, 3.05) is 12.1 Å². The first-order valence-corrected chi connectivity index (χ1v) is 9.22. The summed E-state index contributed by atoms with van der Waals surface area (Å²) in [6.45, 7) is 2.69. The average molecular weight is 395 g/mol. The predicted octanol–water partition coefficient (Wildman–Crippen LogP) is 3.58. The van der Waals surface area contributed by atoms with Gasteiger partial charge in [0.05, 0.1) is 18.8 Å². The zero-order valence-electron chi connectivity index (χ0n) is 15.6. The van der Waals surface area contributed by atoms with E-state index in [9.17, 15) is 9.18 Å². The van der Waals surface area contributed by atoms with E-state index in [0.29, 0.717) is 30.2 Å². The van der Waals surface area contributed by atoms with Crippen LogP contribution >= 0.6 is 0 Å². The molecule has 148 valence electrons. The Kier molecular flexibility index (Phi) is 4.21. The third kappa shape index (κ3) is 3.31. The van der Waals surface area contributed by atoms with Crippen LogP contribution < -0.4 is 14.8 Å². The molecule has 1 N–H and O–H groups in total. The lowest BCUT2D eigenvalue weighted by Crippen LogP contribution is -2.22. The maximum absolute atomic E-state index is 13.4. The zero-order chi connectivity index (χ0) is 20.0. The van der Waals surface area contributed by atoms with Crippen LogP contribution in [0.4, 0.5) is 10.1 Å². The smallest absolute Gasteiger partial charge is 0.276 e. The Morgan fingerprint density at radius 2 is 2.03 bits per heavy atom. The van der Waals surface area contributed by atoms with Gasteiger partial charge >= 0.3 is 0 Å². The van der Waals surface area contributed by atoms with E-state index in [4.69, 9.17) is 14.2 Å². The molecule has 0 spiro atoms. The molecule has 7 nitrogen and oxygen atoms in total. The van der Waals surface area contributed by atoms with Gasteiger partial charge < -0.3 is 19.5 Å². The number of aryl methyl sites for hydroxylation is 1. The molecule has 3 aromatic rings. The highest BCUT2D eigenvalue weighted by Crippen LogP contribution is 2.36. The molecular weight excluding hydrogens is 377 g/mol. The van der Waals surface area contributed by atoms with Gasteiger partial charge in [-0.05, 0) is 54.4 Å². The third-order valence-corrected chi connectivity index (χ3v) is 5.05. The van der Waals surface area contributed by atoms with Crippen molar-refractivity contribution in [2.24, 2.45) is 0 Å². The summed E-state index contributed by atoms with van der Waals surface area (Å²) in [5, 5.41) is 7.18. The average Bonchev–Trinajstić information content (AvgIpc) is 3.36. The van der Waals surface area contributed by atoms with Gasteiger partial charge in [0.25, 0.3) is 5.91 Å². The summed E-state index contributed by atoms with van der Waals surface area (Å²) in [4.78, 5) is 12.6. The number of fused-ring (bicyclic) bond motifs is 2. The standard InChI is InChI=1S/C21H18FN3O4/c1-12-6-14(3-4-16(12)22)23-21(26)17-8-15-10-27-20(9-25(15)24-17)13-2-5-18-19(7-13)29-11-28-18/h2-8,20H,9-11H2,1H3,(H,23,26)/t20-/m1/s1. The van der Waals surface area contributed by atoms with Crippen LogP contribution in [0.25, 0.3) is 0 Å². The number of nitrogens with zero attached hydrogens (tertiary/aromatic N) is 2. The minimum absolute atomic E-state index is 0.201. The van der Waals surface area contributed by atoms with Crippen molar-refractivity contribution in [3.8, 4) is 11.5 Å². The number of carbonyl (C=O) groups is 1. The highest BCUT2D eigenvalue weighted by atomic mass is 19.1. The molecule has 1 amide bonds. The number of halogens is 1. The summed E-state index contributed by atoms with van der Waals surface area (Å²) in [5.41, 5.74) is 3.06. The van der Waals surface area contributed by atoms with E-state index in [-0.39, 0.29) is 30.3 Å². The van der Waals surface area contributed by atoms with Crippen LogP contribution in [0.3, 0.4) is 0 Å². The molecule has 0 unspecified atom stereocenters. The molecular formula is C21H18FN3O4. The minimum atomic E-state index is -0.350. The van der Waals surface area contributed by atoms with Gasteiger partial charge in [0.2, 0.25) is 6.79 Å². The predicted molar refractivity (Wildman–Crippen MR) is 101 cm³/mol. The van der Waals surface area contributed by atoms with Gasteiger partial charge in [-0.1, -0.05) is 6.07 Å². The quantitative estimate of drug-likeness (QED) is 0.734. The molecule has 1 atom stereocenters. The first-order chi connectivity index (χ1) is 14.1.